The highest BCUT2D eigenvalue weighted by atomic mass is 32.1. The van der Waals surface area contributed by atoms with E-state index in [1.807, 2.05) is 41.1 Å². The molecule has 1 aromatic carbocycles. The van der Waals surface area contributed by atoms with Gasteiger partial charge < -0.3 is 20.5 Å². The summed E-state index contributed by atoms with van der Waals surface area (Å²) in [7, 11) is 1.64. The SMILES string of the molecule is COc1ccc(C(C)(C)CNC(=O)NCC(O)c2ccsc2)cc1. The molecule has 3 N–H and O–H groups in total. The van der Waals surface area contributed by atoms with Crippen molar-refractivity contribution < 1.29 is 14.6 Å². The van der Waals surface area contributed by atoms with E-state index in [2.05, 4.69) is 24.5 Å². The molecule has 0 aliphatic carbocycles. The molecule has 0 fully saturated rings. The van der Waals surface area contributed by atoms with Gasteiger partial charge in [-0.15, -0.1) is 0 Å². The Morgan fingerprint density at radius 1 is 1.25 bits per heavy atom. The summed E-state index contributed by atoms with van der Waals surface area (Å²) in [4.78, 5) is 11.9. The highest BCUT2D eigenvalue weighted by Gasteiger charge is 2.21. The normalized spacial score (nSPS) is 12.5. The van der Waals surface area contributed by atoms with Crippen molar-refractivity contribution in [2.45, 2.75) is 25.4 Å². The first-order valence-corrected chi connectivity index (χ1v) is 8.73. The third kappa shape index (κ3) is 4.97. The molecule has 1 unspecified atom stereocenters. The third-order valence-corrected chi connectivity index (χ3v) is 4.65. The number of rotatable bonds is 7. The summed E-state index contributed by atoms with van der Waals surface area (Å²) >= 11 is 1.52. The zero-order chi connectivity index (χ0) is 17.6. The average molecular weight is 348 g/mol. The van der Waals surface area contributed by atoms with Gasteiger partial charge in [-0.2, -0.15) is 11.3 Å². The molecule has 0 saturated carbocycles. The van der Waals surface area contributed by atoms with Gasteiger partial charge in [0.25, 0.3) is 0 Å². The maximum atomic E-state index is 11.9. The van der Waals surface area contributed by atoms with Gasteiger partial charge in [-0.1, -0.05) is 26.0 Å². The van der Waals surface area contributed by atoms with Crippen LogP contribution >= 0.6 is 11.3 Å². The van der Waals surface area contributed by atoms with E-state index in [4.69, 9.17) is 4.74 Å². The van der Waals surface area contributed by atoms with E-state index in [1.165, 1.54) is 11.3 Å². The molecule has 6 heteroatoms. The molecule has 1 heterocycles. The summed E-state index contributed by atoms with van der Waals surface area (Å²) in [6.07, 6.45) is -0.684. The van der Waals surface area contributed by atoms with Crippen molar-refractivity contribution in [3.05, 3.63) is 52.2 Å². The number of urea groups is 1. The van der Waals surface area contributed by atoms with Crippen molar-refractivity contribution in [3.8, 4) is 5.75 Å². The van der Waals surface area contributed by atoms with Gasteiger partial charge in [-0.25, -0.2) is 4.79 Å². The monoisotopic (exact) mass is 348 g/mol. The van der Waals surface area contributed by atoms with Gasteiger partial charge in [0, 0.05) is 18.5 Å². The quantitative estimate of drug-likeness (QED) is 0.720. The van der Waals surface area contributed by atoms with Crippen LogP contribution in [0, 0.1) is 0 Å². The van der Waals surface area contributed by atoms with Crippen molar-refractivity contribution in [2.75, 3.05) is 20.2 Å². The van der Waals surface area contributed by atoms with Crippen LogP contribution in [0.15, 0.2) is 41.1 Å². The molecular formula is C18H24N2O3S. The Kier molecular flexibility index (Phi) is 6.23. The first kappa shape index (κ1) is 18.3. The molecule has 0 bridgehead atoms. The predicted octanol–water partition coefficient (Wildman–Crippen LogP) is 3.07. The molecular weight excluding hydrogens is 324 g/mol. The van der Waals surface area contributed by atoms with Gasteiger partial charge in [0.15, 0.2) is 0 Å². The van der Waals surface area contributed by atoms with E-state index in [0.717, 1.165) is 16.9 Å². The molecule has 2 rings (SSSR count). The highest BCUT2D eigenvalue weighted by molar-refractivity contribution is 7.07. The van der Waals surface area contributed by atoms with E-state index >= 15 is 0 Å². The summed E-state index contributed by atoms with van der Waals surface area (Å²) < 4.78 is 5.16. The minimum Gasteiger partial charge on any atom is -0.497 e. The lowest BCUT2D eigenvalue weighted by atomic mass is 9.84. The van der Waals surface area contributed by atoms with Gasteiger partial charge in [0.05, 0.1) is 13.2 Å². The fraction of sp³-hybridized carbons (Fsp3) is 0.389. The fourth-order valence-electron chi connectivity index (χ4n) is 2.28. The molecule has 0 saturated heterocycles. The number of benzene rings is 1. The average Bonchev–Trinajstić information content (AvgIpc) is 3.12. The van der Waals surface area contributed by atoms with Crippen LogP contribution < -0.4 is 15.4 Å². The number of carbonyl (C=O) groups excluding carboxylic acids is 1. The molecule has 130 valence electrons. The standard InChI is InChI=1S/C18H24N2O3S/c1-18(2,14-4-6-15(23-3)7-5-14)12-20-17(22)19-10-16(21)13-8-9-24-11-13/h4-9,11,16,21H,10,12H2,1-3H3,(H2,19,20,22). The summed E-state index contributed by atoms with van der Waals surface area (Å²) in [5.41, 5.74) is 1.72. The van der Waals surface area contributed by atoms with Crippen LogP contribution in [0.5, 0.6) is 5.75 Å². The van der Waals surface area contributed by atoms with Crippen LogP contribution in [0.1, 0.15) is 31.1 Å². The number of hydrogen-bond acceptors (Lipinski definition) is 4. The number of nitrogens with one attached hydrogen (secondary N) is 2. The summed E-state index contributed by atoms with van der Waals surface area (Å²) in [6.45, 7) is 4.80. The molecule has 5 nitrogen and oxygen atoms in total. The Hall–Kier alpha value is -2.05. The molecule has 0 spiro atoms. The minimum absolute atomic E-state index is 0.186. The van der Waals surface area contributed by atoms with Crippen molar-refractivity contribution >= 4 is 17.4 Å². The van der Waals surface area contributed by atoms with Gasteiger partial charge in [-0.3, -0.25) is 0 Å². The Balaban J connectivity index is 1.81. The number of amides is 2. The van der Waals surface area contributed by atoms with E-state index in [1.54, 1.807) is 7.11 Å². The maximum absolute atomic E-state index is 11.9. The zero-order valence-electron chi connectivity index (χ0n) is 14.2. The van der Waals surface area contributed by atoms with Crippen LogP contribution in [0.25, 0.3) is 0 Å². The van der Waals surface area contributed by atoms with E-state index in [-0.39, 0.29) is 18.0 Å². The Morgan fingerprint density at radius 2 is 1.96 bits per heavy atom. The molecule has 1 aromatic heterocycles. The number of aliphatic hydroxyl groups excluding tert-OH is 1. The first-order chi connectivity index (χ1) is 11.4. The Bertz CT molecular complexity index is 639. The van der Waals surface area contributed by atoms with E-state index in [0.29, 0.717) is 6.54 Å². The number of carbonyl (C=O) groups is 1. The molecule has 2 aromatic rings. The van der Waals surface area contributed by atoms with Gasteiger partial charge in [0.2, 0.25) is 0 Å². The van der Waals surface area contributed by atoms with Crippen molar-refractivity contribution in [3.63, 3.8) is 0 Å². The summed E-state index contributed by atoms with van der Waals surface area (Å²) in [5.74, 6) is 0.808. The highest BCUT2D eigenvalue weighted by Crippen LogP contribution is 2.24. The van der Waals surface area contributed by atoms with Crippen LogP contribution in [0.3, 0.4) is 0 Å². The number of thiophene rings is 1. The fourth-order valence-corrected chi connectivity index (χ4v) is 2.99. The maximum Gasteiger partial charge on any atom is 0.314 e. The third-order valence-electron chi connectivity index (χ3n) is 3.95. The van der Waals surface area contributed by atoms with Gasteiger partial charge >= 0.3 is 6.03 Å². The van der Waals surface area contributed by atoms with Crippen molar-refractivity contribution in [2.24, 2.45) is 0 Å². The molecule has 2 amide bonds. The van der Waals surface area contributed by atoms with Gasteiger partial charge in [-0.05, 0) is 40.1 Å². The molecule has 0 aliphatic heterocycles. The molecule has 24 heavy (non-hydrogen) atoms. The number of hydrogen-bond donors (Lipinski definition) is 3. The first-order valence-electron chi connectivity index (χ1n) is 7.79. The summed E-state index contributed by atoms with van der Waals surface area (Å²) in [6, 6.07) is 9.38. The lowest BCUT2D eigenvalue weighted by Gasteiger charge is -2.26. The number of methoxy groups -OCH3 is 1. The Labute approximate surface area is 146 Å². The zero-order valence-corrected chi connectivity index (χ0v) is 15.0. The minimum atomic E-state index is -0.684. The van der Waals surface area contributed by atoms with Crippen molar-refractivity contribution in [1.82, 2.24) is 10.6 Å². The van der Waals surface area contributed by atoms with E-state index in [9.17, 15) is 9.90 Å². The lowest BCUT2D eigenvalue weighted by molar-refractivity contribution is 0.173. The van der Waals surface area contributed by atoms with Crippen molar-refractivity contribution in [1.29, 1.82) is 0 Å². The lowest BCUT2D eigenvalue weighted by Crippen LogP contribution is -2.43. The van der Waals surface area contributed by atoms with Crippen LogP contribution in [0.2, 0.25) is 0 Å². The molecule has 0 radical (unpaired) electrons. The topological polar surface area (TPSA) is 70.6 Å². The van der Waals surface area contributed by atoms with E-state index < -0.39 is 6.10 Å². The number of aliphatic hydroxyl groups is 1. The number of ether oxygens (including phenoxy) is 1. The van der Waals surface area contributed by atoms with Crippen LogP contribution in [-0.4, -0.2) is 31.3 Å². The van der Waals surface area contributed by atoms with Crippen LogP contribution in [-0.2, 0) is 5.41 Å². The second-order valence-corrected chi connectivity index (χ2v) is 7.03. The Morgan fingerprint density at radius 3 is 2.54 bits per heavy atom. The smallest absolute Gasteiger partial charge is 0.314 e. The second-order valence-electron chi connectivity index (χ2n) is 6.25. The largest absolute Gasteiger partial charge is 0.497 e. The second kappa shape index (κ2) is 8.17. The van der Waals surface area contributed by atoms with Gasteiger partial charge in [0.1, 0.15) is 5.75 Å². The summed E-state index contributed by atoms with van der Waals surface area (Å²) in [5, 5.41) is 19.3. The molecule has 0 aliphatic rings. The molecule has 1 atom stereocenters. The predicted molar refractivity (Wildman–Crippen MR) is 96.7 cm³/mol. The van der Waals surface area contributed by atoms with Crippen LogP contribution in [0.4, 0.5) is 4.79 Å².